The van der Waals surface area contributed by atoms with Gasteiger partial charge in [0.15, 0.2) is 0 Å². The van der Waals surface area contributed by atoms with Crippen LogP contribution < -0.4 is 0 Å². The molecule has 1 aromatic heterocycles. The fourth-order valence-corrected chi connectivity index (χ4v) is 4.47. The lowest BCUT2D eigenvalue weighted by Gasteiger charge is -2.18. The minimum atomic E-state index is -3.77. The van der Waals surface area contributed by atoms with Crippen LogP contribution in [0.1, 0.15) is 27.3 Å². The van der Waals surface area contributed by atoms with Gasteiger partial charge in [0.1, 0.15) is 5.82 Å². The highest BCUT2D eigenvalue weighted by atomic mass is 35.5. The molecule has 0 fully saturated rings. The summed E-state index contributed by atoms with van der Waals surface area (Å²) in [6, 6.07) is 7.90. The highest BCUT2D eigenvalue weighted by Gasteiger charge is 2.25. The van der Waals surface area contributed by atoms with E-state index in [1.54, 1.807) is 38.1 Å². The van der Waals surface area contributed by atoms with Gasteiger partial charge in [0.2, 0.25) is 10.0 Å². The molecule has 0 aliphatic carbocycles. The number of sulfonamides is 1. The number of aromatic amines is 1. The summed E-state index contributed by atoms with van der Waals surface area (Å²) in [6.07, 6.45) is 0. The Morgan fingerprint density at radius 3 is 2.63 bits per heavy atom. The van der Waals surface area contributed by atoms with E-state index in [-0.39, 0.29) is 17.0 Å². The second kappa shape index (κ2) is 6.95. The Morgan fingerprint density at radius 2 is 1.96 bits per heavy atom. The molecular formula is C18H18ClN3O4S. The molecule has 2 aromatic carbocycles. The van der Waals surface area contributed by atoms with Crippen LogP contribution in [0.2, 0.25) is 5.02 Å². The number of carboxylic acid groups (broad SMARTS) is 1. The maximum atomic E-state index is 13.0. The first-order valence-corrected chi connectivity index (χ1v) is 9.87. The van der Waals surface area contributed by atoms with E-state index < -0.39 is 16.0 Å². The fraction of sp³-hybridized carbons (Fsp3) is 0.222. The molecule has 0 bridgehead atoms. The smallest absolute Gasteiger partial charge is 0.337 e. The molecule has 0 radical (unpaired) electrons. The van der Waals surface area contributed by atoms with E-state index in [0.29, 0.717) is 33.0 Å². The maximum absolute atomic E-state index is 13.0. The number of aryl methyl sites for hydroxylation is 2. The van der Waals surface area contributed by atoms with Gasteiger partial charge in [-0.3, -0.25) is 0 Å². The number of hydrogen-bond acceptors (Lipinski definition) is 4. The average molecular weight is 408 g/mol. The number of aromatic carboxylic acids is 1. The van der Waals surface area contributed by atoms with Gasteiger partial charge in [-0.05, 0) is 49.2 Å². The third kappa shape index (κ3) is 3.55. The molecule has 0 unspecified atom stereocenters. The van der Waals surface area contributed by atoms with Crippen molar-refractivity contribution in [3.05, 3.63) is 57.9 Å². The molecule has 1 heterocycles. The molecule has 3 aromatic rings. The second-order valence-corrected chi connectivity index (χ2v) is 8.74. The quantitative estimate of drug-likeness (QED) is 0.675. The molecule has 2 N–H and O–H groups in total. The largest absolute Gasteiger partial charge is 0.478 e. The first-order valence-electron chi connectivity index (χ1n) is 8.05. The van der Waals surface area contributed by atoms with Crippen molar-refractivity contribution in [1.29, 1.82) is 0 Å². The summed E-state index contributed by atoms with van der Waals surface area (Å²) in [5.74, 6) is -0.725. The Bertz CT molecular complexity index is 1150. The Balaban J connectivity index is 1.96. The molecule has 0 aliphatic rings. The minimum Gasteiger partial charge on any atom is -0.478 e. The lowest BCUT2D eigenvalue weighted by atomic mass is 10.2. The van der Waals surface area contributed by atoms with Crippen molar-refractivity contribution in [2.24, 2.45) is 0 Å². The molecule has 0 atom stereocenters. The summed E-state index contributed by atoms with van der Waals surface area (Å²) in [5, 5.41) is 9.77. The molecule has 0 spiro atoms. The number of fused-ring (bicyclic) bond motifs is 1. The van der Waals surface area contributed by atoms with E-state index >= 15 is 0 Å². The van der Waals surface area contributed by atoms with Crippen molar-refractivity contribution in [3.8, 4) is 0 Å². The summed E-state index contributed by atoms with van der Waals surface area (Å²) in [5.41, 5.74) is 2.14. The molecule has 142 valence electrons. The van der Waals surface area contributed by atoms with Gasteiger partial charge in [0.05, 0.1) is 28.0 Å². The second-order valence-electron chi connectivity index (χ2n) is 6.32. The van der Waals surface area contributed by atoms with Gasteiger partial charge >= 0.3 is 5.97 Å². The Hall–Kier alpha value is -2.42. The van der Waals surface area contributed by atoms with Gasteiger partial charge in [-0.25, -0.2) is 18.2 Å². The van der Waals surface area contributed by atoms with Gasteiger partial charge in [-0.1, -0.05) is 17.7 Å². The van der Waals surface area contributed by atoms with E-state index in [1.165, 1.54) is 17.4 Å². The van der Waals surface area contributed by atoms with Crippen LogP contribution in [-0.2, 0) is 16.6 Å². The minimum absolute atomic E-state index is 0.0306. The van der Waals surface area contributed by atoms with Gasteiger partial charge < -0.3 is 10.1 Å². The van der Waals surface area contributed by atoms with Gasteiger partial charge in [0.25, 0.3) is 0 Å². The molecule has 0 amide bonds. The highest BCUT2D eigenvalue weighted by Crippen LogP contribution is 2.26. The number of imidazole rings is 1. The first kappa shape index (κ1) is 19.3. The van der Waals surface area contributed by atoms with Crippen LogP contribution in [0.25, 0.3) is 11.0 Å². The zero-order valence-corrected chi connectivity index (χ0v) is 16.5. The summed E-state index contributed by atoms with van der Waals surface area (Å²) in [6.45, 7) is 3.40. The van der Waals surface area contributed by atoms with E-state index in [9.17, 15) is 18.3 Å². The van der Waals surface area contributed by atoms with Gasteiger partial charge in [-0.2, -0.15) is 4.31 Å². The Labute approximate surface area is 161 Å². The zero-order chi connectivity index (χ0) is 19.9. The predicted molar refractivity (Wildman–Crippen MR) is 103 cm³/mol. The lowest BCUT2D eigenvalue weighted by molar-refractivity contribution is 0.0699. The average Bonchev–Trinajstić information content (AvgIpc) is 2.99. The van der Waals surface area contributed by atoms with E-state index in [4.69, 9.17) is 11.6 Å². The molecule has 3 rings (SSSR count). The molecule has 27 heavy (non-hydrogen) atoms. The summed E-state index contributed by atoms with van der Waals surface area (Å²) in [7, 11) is -2.32. The number of hydrogen-bond donors (Lipinski definition) is 2. The topological polar surface area (TPSA) is 103 Å². The van der Waals surface area contributed by atoms with Crippen LogP contribution in [-0.4, -0.2) is 40.8 Å². The van der Waals surface area contributed by atoms with Crippen molar-refractivity contribution in [2.75, 3.05) is 7.05 Å². The number of carbonyl (C=O) groups is 1. The van der Waals surface area contributed by atoms with Crippen molar-refractivity contribution in [2.45, 2.75) is 25.3 Å². The summed E-state index contributed by atoms with van der Waals surface area (Å²) < 4.78 is 27.1. The number of para-hydroxylation sites is 1. The van der Waals surface area contributed by atoms with Crippen LogP contribution in [0, 0.1) is 13.8 Å². The number of rotatable bonds is 5. The summed E-state index contributed by atoms with van der Waals surface area (Å²) >= 11 is 6.06. The number of benzene rings is 2. The number of halogens is 1. The van der Waals surface area contributed by atoms with Gasteiger partial charge in [0, 0.05) is 12.1 Å². The van der Waals surface area contributed by atoms with Crippen LogP contribution in [0.5, 0.6) is 0 Å². The molecule has 0 saturated carbocycles. The van der Waals surface area contributed by atoms with Gasteiger partial charge in [-0.15, -0.1) is 0 Å². The highest BCUT2D eigenvalue weighted by molar-refractivity contribution is 7.89. The molecule has 7 nitrogen and oxygen atoms in total. The van der Waals surface area contributed by atoms with Crippen molar-refractivity contribution in [1.82, 2.24) is 14.3 Å². The van der Waals surface area contributed by atoms with Crippen LogP contribution in [0.15, 0.2) is 35.2 Å². The number of nitrogens with zero attached hydrogens (tertiary/aromatic N) is 2. The van der Waals surface area contributed by atoms with Crippen molar-refractivity contribution < 1.29 is 18.3 Å². The monoisotopic (exact) mass is 407 g/mol. The van der Waals surface area contributed by atoms with Crippen LogP contribution >= 0.6 is 11.6 Å². The predicted octanol–water partition coefficient (Wildman–Crippen LogP) is 3.35. The number of nitrogens with one attached hydrogen (secondary N) is 1. The van der Waals surface area contributed by atoms with Crippen molar-refractivity contribution >= 4 is 38.6 Å². The van der Waals surface area contributed by atoms with E-state index in [1.807, 2.05) is 0 Å². The molecule has 0 saturated heterocycles. The van der Waals surface area contributed by atoms with Crippen LogP contribution in [0.3, 0.4) is 0 Å². The maximum Gasteiger partial charge on any atom is 0.337 e. The Kier molecular flexibility index (Phi) is 4.98. The van der Waals surface area contributed by atoms with E-state index in [0.717, 1.165) is 0 Å². The van der Waals surface area contributed by atoms with E-state index in [2.05, 4.69) is 9.97 Å². The lowest BCUT2D eigenvalue weighted by Crippen LogP contribution is -2.27. The molecular weight excluding hydrogens is 390 g/mol. The third-order valence-corrected chi connectivity index (χ3v) is 6.67. The van der Waals surface area contributed by atoms with Crippen LogP contribution in [0.4, 0.5) is 0 Å². The third-order valence-electron chi connectivity index (χ3n) is 4.31. The Morgan fingerprint density at radius 1 is 1.26 bits per heavy atom. The standard InChI is InChI=1S/C18H18ClN3O4S/c1-10-8-15(11(2)7-13(10)19)27(25,26)22(3)9-16-20-14-6-4-5-12(18(23)24)17(14)21-16/h4-8H,9H2,1-3H3,(H,20,21)(H,23,24). The normalized spacial score (nSPS) is 12.0. The molecule has 0 aliphatic heterocycles. The van der Waals surface area contributed by atoms with Crippen molar-refractivity contribution in [3.63, 3.8) is 0 Å². The number of H-pyrrole nitrogens is 1. The number of aromatic nitrogens is 2. The number of carboxylic acids is 1. The molecule has 9 heteroatoms. The SMILES string of the molecule is Cc1cc(S(=O)(=O)N(C)Cc2nc3cccc(C(=O)O)c3[nH]2)c(C)cc1Cl. The first-order chi connectivity index (χ1) is 12.6. The summed E-state index contributed by atoms with van der Waals surface area (Å²) in [4.78, 5) is 18.7. The fourth-order valence-electron chi connectivity index (χ4n) is 2.83. The zero-order valence-electron chi connectivity index (χ0n) is 14.9.